The zero-order valence-electron chi connectivity index (χ0n) is 12.9. The molecule has 0 radical (unpaired) electrons. The maximum Gasteiger partial charge on any atom is 0.164 e. The van der Waals surface area contributed by atoms with Crippen LogP contribution < -0.4 is 0 Å². The van der Waals surface area contributed by atoms with Gasteiger partial charge in [0.2, 0.25) is 0 Å². The molecule has 1 saturated carbocycles. The molecule has 0 aromatic rings. The quantitative estimate of drug-likeness (QED) is 0.784. The lowest BCUT2D eigenvalue weighted by Crippen LogP contribution is -2.62. The van der Waals surface area contributed by atoms with Gasteiger partial charge in [-0.1, -0.05) is 6.08 Å². The summed E-state index contributed by atoms with van der Waals surface area (Å²) in [6.07, 6.45) is -1.28. The Morgan fingerprint density at radius 2 is 1.38 bits per heavy atom. The van der Waals surface area contributed by atoms with Crippen LogP contribution in [0.15, 0.2) is 12.7 Å². The van der Waals surface area contributed by atoms with Gasteiger partial charge in [-0.2, -0.15) is 0 Å². The van der Waals surface area contributed by atoms with Crippen molar-refractivity contribution < 1.29 is 28.8 Å². The van der Waals surface area contributed by atoms with Crippen LogP contribution in [0, 0.1) is 0 Å². The van der Waals surface area contributed by atoms with Crippen LogP contribution in [0.3, 0.4) is 0 Å². The van der Waals surface area contributed by atoms with Crippen molar-refractivity contribution in [2.24, 2.45) is 0 Å². The van der Waals surface area contributed by atoms with Crippen LogP contribution >= 0.6 is 0 Å². The summed E-state index contributed by atoms with van der Waals surface area (Å²) < 4.78 is 29.4. The van der Waals surface area contributed by atoms with Gasteiger partial charge >= 0.3 is 0 Å². The Morgan fingerprint density at radius 3 is 1.81 bits per heavy atom. The Kier molecular flexibility index (Phi) is 3.67. The largest absolute Gasteiger partial charge is 0.387 e. The normalized spacial score (nSPS) is 46.9. The first-order valence-electron chi connectivity index (χ1n) is 7.36. The van der Waals surface area contributed by atoms with Gasteiger partial charge in [0.15, 0.2) is 11.6 Å². The second kappa shape index (κ2) is 5.01. The highest BCUT2D eigenvalue weighted by atomic mass is 16.8. The molecular formula is C15H24O6. The Bertz CT molecular complexity index is 388. The van der Waals surface area contributed by atoms with E-state index in [4.69, 9.17) is 23.7 Å². The van der Waals surface area contributed by atoms with Crippen molar-refractivity contribution in [3.05, 3.63) is 12.7 Å². The minimum atomic E-state index is -0.813. The number of fused-ring (bicyclic) bond motifs is 2. The van der Waals surface area contributed by atoms with Crippen LogP contribution in [0.25, 0.3) is 0 Å². The fourth-order valence-corrected chi connectivity index (χ4v) is 3.41. The Hall–Kier alpha value is -0.500. The molecule has 3 rings (SSSR count). The van der Waals surface area contributed by atoms with Gasteiger partial charge in [-0.05, 0) is 27.7 Å². The van der Waals surface area contributed by atoms with Crippen molar-refractivity contribution in [1.29, 1.82) is 0 Å². The Balaban J connectivity index is 1.89. The van der Waals surface area contributed by atoms with Gasteiger partial charge in [-0.15, -0.1) is 6.58 Å². The summed E-state index contributed by atoms with van der Waals surface area (Å²) in [6, 6.07) is 0. The van der Waals surface area contributed by atoms with Crippen LogP contribution in [0.2, 0.25) is 0 Å². The van der Waals surface area contributed by atoms with Crippen molar-refractivity contribution >= 4 is 0 Å². The minimum absolute atomic E-state index is 0.370. The van der Waals surface area contributed by atoms with E-state index in [2.05, 4.69) is 6.58 Å². The van der Waals surface area contributed by atoms with E-state index >= 15 is 0 Å². The van der Waals surface area contributed by atoms with Crippen LogP contribution in [-0.4, -0.2) is 59.9 Å². The van der Waals surface area contributed by atoms with Crippen molar-refractivity contribution in [2.75, 3.05) is 6.61 Å². The van der Waals surface area contributed by atoms with Crippen LogP contribution in [0.5, 0.6) is 0 Å². The molecule has 3 fully saturated rings. The fourth-order valence-electron chi connectivity index (χ4n) is 3.41. The zero-order chi connectivity index (χ0) is 15.4. The number of rotatable bonds is 3. The van der Waals surface area contributed by atoms with Gasteiger partial charge in [0.25, 0.3) is 0 Å². The SMILES string of the molecule is C=CCOC1[C@H]2OC(C)(C)O[C@@H]2C(O)[C@@H]2OC(C)(C)O[C@@H]12. The van der Waals surface area contributed by atoms with Gasteiger partial charge in [-0.3, -0.25) is 0 Å². The zero-order valence-corrected chi connectivity index (χ0v) is 12.9. The van der Waals surface area contributed by atoms with Gasteiger partial charge < -0.3 is 28.8 Å². The van der Waals surface area contributed by atoms with Crippen molar-refractivity contribution in [1.82, 2.24) is 0 Å². The number of hydrogen-bond donors (Lipinski definition) is 1. The molecular weight excluding hydrogens is 276 g/mol. The third-order valence-corrected chi connectivity index (χ3v) is 4.05. The average molecular weight is 300 g/mol. The first-order chi connectivity index (χ1) is 9.74. The van der Waals surface area contributed by atoms with E-state index in [1.54, 1.807) is 6.08 Å². The summed E-state index contributed by atoms with van der Waals surface area (Å²) in [5.74, 6) is -1.53. The van der Waals surface area contributed by atoms with Gasteiger partial charge in [0, 0.05) is 0 Å². The van der Waals surface area contributed by atoms with Crippen LogP contribution in [0.1, 0.15) is 27.7 Å². The van der Waals surface area contributed by atoms with Crippen molar-refractivity contribution in [3.8, 4) is 0 Å². The summed E-state index contributed by atoms with van der Waals surface area (Å²) in [6.45, 7) is 11.3. The van der Waals surface area contributed by atoms with E-state index in [9.17, 15) is 5.11 Å². The lowest BCUT2D eigenvalue weighted by molar-refractivity contribution is -0.186. The standard InChI is InChI=1S/C15H24O6/c1-6-7-17-11-12-9(18-14(2,3)20-12)8(16)10-13(11)21-15(4,5)19-10/h6,8-13,16H,1,7H2,2-5H3/t8?,9-,10+,11?,12+,13-. The van der Waals surface area contributed by atoms with Crippen LogP contribution in [-0.2, 0) is 23.7 Å². The van der Waals surface area contributed by atoms with Gasteiger partial charge in [0.05, 0.1) is 6.61 Å². The first kappa shape index (κ1) is 15.4. The summed E-state index contributed by atoms with van der Waals surface area (Å²) in [7, 11) is 0. The molecule has 0 amide bonds. The number of ether oxygens (including phenoxy) is 5. The molecule has 2 unspecified atom stereocenters. The third kappa shape index (κ3) is 2.65. The summed E-state index contributed by atoms with van der Waals surface area (Å²) in [5, 5.41) is 10.6. The maximum atomic E-state index is 10.6. The Morgan fingerprint density at radius 1 is 0.952 bits per heavy atom. The van der Waals surface area contributed by atoms with E-state index in [1.807, 2.05) is 27.7 Å². The van der Waals surface area contributed by atoms with Crippen molar-refractivity contribution in [3.63, 3.8) is 0 Å². The van der Waals surface area contributed by atoms with E-state index < -0.39 is 42.1 Å². The highest BCUT2D eigenvalue weighted by Crippen LogP contribution is 2.45. The van der Waals surface area contributed by atoms with Crippen molar-refractivity contribution in [2.45, 2.75) is 75.9 Å². The van der Waals surface area contributed by atoms with E-state index in [0.717, 1.165) is 0 Å². The lowest BCUT2D eigenvalue weighted by atomic mass is 9.85. The molecule has 2 saturated heterocycles. The second-order valence-electron chi connectivity index (χ2n) is 6.71. The molecule has 3 aliphatic rings. The van der Waals surface area contributed by atoms with E-state index in [0.29, 0.717) is 6.61 Å². The smallest absolute Gasteiger partial charge is 0.164 e. The summed E-state index contributed by atoms with van der Waals surface area (Å²) in [4.78, 5) is 0. The predicted octanol–water partition coefficient (Wildman–Crippen LogP) is 0.972. The monoisotopic (exact) mass is 300 g/mol. The molecule has 2 aliphatic heterocycles. The van der Waals surface area contributed by atoms with E-state index in [-0.39, 0.29) is 6.10 Å². The molecule has 1 N–H and O–H groups in total. The molecule has 21 heavy (non-hydrogen) atoms. The molecule has 2 heterocycles. The predicted molar refractivity (Wildman–Crippen MR) is 73.6 cm³/mol. The molecule has 1 aliphatic carbocycles. The maximum absolute atomic E-state index is 10.6. The highest BCUT2D eigenvalue weighted by molar-refractivity contribution is 5.08. The molecule has 6 heteroatoms. The molecule has 0 aromatic heterocycles. The first-order valence-corrected chi connectivity index (χ1v) is 7.36. The van der Waals surface area contributed by atoms with Crippen LogP contribution in [0.4, 0.5) is 0 Å². The topological polar surface area (TPSA) is 66.4 Å². The molecule has 0 aromatic carbocycles. The number of hydrogen-bond acceptors (Lipinski definition) is 6. The van der Waals surface area contributed by atoms with E-state index in [1.165, 1.54) is 0 Å². The molecule has 0 spiro atoms. The summed E-state index contributed by atoms with van der Waals surface area (Å²) in [5.41, 5.74) is 0. The third-order valence-electron chi connectivity index (χ3n) is 4.05. The number of aliphatic hydroxyl groups excluding tert-OH is 1. The van der Waals surface area contributed by atoms with Gasteiger partial charge in [-0.25, -0.2) is 0 Å². The molecule has 0 bridgehead atoms. The fraction of sp³-hybridized carbons (Fsp3) is 0.867. The minimum Gasteiger partial charge on any atom is -0.387 e. The summed E-state index contributed by atoms with van der Waals surface area (Å²) >= 11 is 0. The highest BCUT2D eigenvalue weighted by Gasteiger charge is 2.63. The molecule has 6 nitrogen and oxygen atoms in total. The lowest BCUT2D eigenvalue weighted by Gasteiger charge is -2.40. The Labute approximate surface area is 125 Å². The average Bonchev–Trinajstić information content (AvgIpc) is 2.86. The molecule has 6 atom stereocenters. The second-order valence-corrected chi connectivity index (χ2v) is 6.71. The molecule has 120 valence electrons. The number of aliphatic hydroxyl groups is 1. The van der Waals surface area contributed by atoms with Gasteiger partial charge in [0.1, 0.15) is 36.6 Å².